The molecule has 1 aliphatic rings. The summed E-state index contributed by atoms with van der Waals surface area (Å²) in [6.45, 7) is 8.31. The molecule has 4 rings (SSSR count). The number of aromatic nitrogens is 1. The van der Waals surface area contributed by atoms with Gasteiger partial charge in [0.05, 0.1) is 11.2 Å². The van der Waals surface area contributed by atoms with E-state index >= 15 is 0 Å². The van der Waals surface area contributed by atoms with Gasteiger partial charge in [0.15, 0.2) is 0 Å². The summed E-state index contributed by atoms with van der Waals surface area (Å²) in [5, 5.41) is 1.22. The number of rotatable bonds is 2. The molecule has 0 atom stereocenters. The maximum atomic E-state index is 6.17. The molecule has 0 spiro atoms. The van der Waals surface area contributed by atoms with Crippen molar-refractivity contribution in [3.63, 3.8) is 0 Å². The average Bonchev–Trinajstić information content (AvgIpc) is 3.06. The van der Waals surface area contributed by atoms with E-state index in [1.165, 1.54) is 5.39 Å². The van der Waals surface area contributed by atoms with Gasteiger partial charge < -0.3 is 14.3 Å². The zero-order chi connectivity index (χ0) is 16.9. The van der Waals surface area contributed by atoms with Crippen molar-refractivity contribution in [1.29, 1.82) is 0 Å². The Morgan fingerprint density at radius 2 is 1.54 bits per heavy atom. The average molecular weight is 319 g/mol. The summed E-state index contributed by atoms with van der Waals surface area (Å²) in [6.07, 6.45) is 0. The number of H-pyrrole nitrogens is 1. The number of nitrogens with one attached hydrogen (secondary N) is 1. The molecule has 3 nitrogen and oxygen atoms in total. The summed E-state index contributed by atoms with van der Waals surface area (Å²) >= 11 is 0. The number of para-hydroxylation sites is 1. The Balaban J connectivity index is 1.70. The Morgan fingerprint density at radius 3 is 2.25 bits per heavy atom. The summed E-state index contributed by atoms with van der Waals surface area (Å²) in [7, 11) is -0.334. The molecular formula is C20H22BNO2. The van der Waals surface area contributed by atoms with Crippen molar-refractivity contribution in [1.82, 2.24) is 4.98 Å². The molecule has 0 aliphatic carbocycles. The van der Waals surface area contributed by atoms with Crippen molar-refractivity contribution < 1.29 is 9.31 Å². The lowest BCUT2D eigenvalue weighted by Crippen LogP contribution is -2.41. The van der Waals surface area contributed by atoms with Gasteiger partial charge in [0.2, 0.25) is 0 Å². The molecule has 1 aliphatic heterocycles. The fourth-order valence-electron chi connectivity index (χ4n) is 3.06. The predicted octanol–water partition coefficient (Wildman–Crippen LogP) is 4.13. The summed E-state index contributed by atoms with van der Waals surface area (Å²) < 4.78 is 12.3. The van der Waals surface area contributed by atoms with Gasteiger partial charge in [-0.1, -0.05) is 42.5 Å². The van der Waals surface area contributed by atoms with E-state index in [4.69, 9.17) is 9.31 Å². The Hall–Kier alpha value is -2.04. The summed E-state index contributed by atoms with van der Waals surface area (Å²) in [5.74, 6) is 0. The van der Waals surface area contributed by atoms with Gasteiger partial charge in [-0.3, -0.25) is 0 Å². The lowest BCUT2D eigenvalue weighted by atomic mass is 9.78. The SMILES string of the molecule is CC1(C)OB(c2cccc(-c3cc4ccccc4[nH]3)c2)OC1(C)C. The van der Waals surface area contributed by atoms with Gasteiger partial charge in [0, 0.05) is 16.6 Å². The molecule has 1 saturated heterocycles. The highest BCUT2D eigenvalue weighted by Gasteiger charge is 2.51. The van der Waals surface area contributed by atoms with Crippen molar-refractivity contribution in [3.05, 3.63) is 54.6 Å². The highest BCUT2D eigenvalue weighted by molar-refractivity contribution is 6.62. The number of hydrogen-bond donors (Lipinski definition) is 1. The minimum atomic E-state index is -0.334. The van der Waals surface area contributed by atoms with Crippen LogP contribution in [0.3, 0.4) is 0 Å². The van der Waals surface area contributed by atoms with Crippen LogP contribution >= 0.6 is 0 Å². The number of benzene rings is 2. The van der Waals surface area contributed by atoms with Crippen LogP contribution in [0, 0.1) is 0 Å². The lowest BCUT2D eigenvalue weighted by Gasteiger charge is -2.32. The highest BCUT2D eigenvalue weighted by atomic mass is 16.7. The smallest absolute Gasteiger partial charge is 0.399 e. The van der Waals surface area contributed by atoms with Gasteiger partial charge in [0.25, 0.3) is 0 Å². The van der Waals surface area contributed by atoms with E-state index in [2.05, 4.69) is 81.2 Å². The van der Waals surface area contributed by atoms with Gasteiger partial charge in [-0.15, -0.1) is 0 Å². The third-order valence-electron chi connectivity index (χ3n) is 5.25. The van der Waals surface area contributed by atoms with Crippen molar-refractivity contribution in [2.45, 2.75) is 38.9 Å². The summed E-state index contributed by atoms with van der Waals surface area (Å²) in [6, 6.07) is 18.9. The molecule has 1 N–H and O–H groups in total. The number of fused-ring (bicyclic) bond motifs is 1. The quantitative estimate of drug-likeness (QED) is 0.721. The standard InChI is InChI=1S/C20H22BNO2/c1-19(2)20(3,4)24-21(23-19)16-10-7-9-14(12-16)18-13-15-8-5-6-11-17(15)22-18/h5-13,22H,1-4H3. The Morgan fingerprint density at radius 1 is 0.833 bits per heavy atom. The Kier molecular flexibility index (Phi) is 3.38. The molecule has 2 aromatic carbocycles. The fourth-order valence-corrected chi connectivity index (χ4v) is 3.06. The molecule has 0 unspecified atom stereocenters. The molecule has 1 fully saturated rings. The normalized spacial score (nSPS) is 19.1. The largest absolute Gasteiger partial charge is 0.494 e. The monoisotopic (exact) mass is 319 g/mol. The minimum absolute atomic E-state index is 0.325. The van der Waals surface area contributed by atoms with Gasteiger partial charge in [-0.2, -0.15) is 0 Å². The topological polar surface area (TPSA) is 34.2 Å². The van der Waals surface area contributed by atoms with Crippen LogP contribution in [0.5, 0.6) is 0 Å². The van der Waals surface area contributed by atoms with Gasteiger partial charge in [-0.05, 0) is 50.9 Å². The zero-order valence-corrected chi connectivity index (χ0v) is 14.6. The van der Waals surface area contributed by atoms with Gasteiger partial charge in [0.1, 0.15) is 0 Å². The van der Waals surface area contributed by atoms with Crippen LogP contribution in [0.1, 0.15) is 27.7 Å². The second kappa shape index (κ2) is 5.23. The Bertz CT molecular complexity index is 848. The molecular weight excluding hydrogens is 297 g/mol. The van der Waals surface area contributed by atoms with E-state index in [1.807, 2.05) is 6.07 Å². The van der Waals surface area contributed by atoms with Crippen LogP contribution in [0.15, 0.2) is 54.6 Å². The molecule has 24 heavy (non-hydrogen) atoms. The van der Waals surface area contributed by atoms with Crippen LogP contribution in [-0.2, 0) is 9.31 Å². The Labute approximate surface area is 143 Å². The van der Waals surface area contributed by atoms with Crippen molar-refractivity contribution in [2.24, 2.45) is 0 Å². The zero-order valence-electron chi connectivity index (χ0n) is 14.6. The van der Waals surface area contributed by atoms with E-state index in [1.54, 1.807) is 0 Å². The van der Waals surface area contributed by atoms with E-state index in [9.17, 15) is 0 Å². The van der Waals surface area contributed by atoms with E-state index in [0.29, 0.717) is 0 Å². The molecule has 1 aromatic heterocycles. The molecule has 0 radical (unpaired) electrons. The fraction of sp³-hybridized carbons (Fsp3) is 0.300. The van der Waals surface area contributed by atoms with Gasteiger partial charge in [-0.25, -0.2) is 0 Å². The first-order valence-corrected chi connectivity index (χ1v) is 8.39. The first kappa shape index (κ1) is 15.5. The van der Waals surface area contributed by atoms with Crippen molar-refractivity contribution >= 4 is 23.5 Å². The molecule has 4 heteroatoms. The molecule has 3 aromatic rings. The second-order valence-electron chi connectivity index (χ2n) is 7.48. The van der Waals surface area contributed by atoms with Gasteiger partial charge >= 0.3 is 7.12 Å². The summed E-state index contributed by atoms with van der Waals surface area (Å²) in [5.41, 5.74) is 3.79. The van der Waals surface area contributed by atoms with Crippen LogP contribution < -0.4 is 5.46 Å². The van der Waals surface area contributed by atoms with Crippen molar-refractivity contribution in [3.8, 4) is 11.3 Å². The molecule has 122 valence electrons. The predicted molar refractivity (Wildman–Crippen MR) is 99.5 cm³/mol. The van der Waals surface area contributed by atoms with E-state index in [-0.39, 0.29) is 18.3 Å². The van der Waals surface area contributed by atoms with Crippen LogP contribution in [0.2, 0.25) is 0 Å². The highest BCUT2D eigenvalue weighted by Crippen LogP contribution is 2.36. The van der Waals surface area contributed by atoms with E-state index < -0.39 is 0 Å². The third kappa shape index (κ3) is 2.47. The van der Waals surface area contributed by atoms with Crippen molar-refractivity contribution in [2.75, 3.05) is 0 Å². The summed E-state index contributed by atoms with van der Waals surface area (Å²) in [4.78, 5) is 3.48. The van der Waals surface area contributed by atoms with Crippen LogP contribution in [0.4, 0.5) is 0 Å². The lowest BCUT2D eigenvalue weighted by molar-refractivity contribution is 0.00578. The molecule has 0 amide bonds. The second-order valence-corrected chi connectivity index (χ2v) is 7.48. The van der Waals surface area contributed by atoms with Crippen LogP contribution in [-0.4, -0.2) is 23.3 Å². The molecule has 0 bridgehead atoms. The first-order valence-electron chi connectivity index (χ1n) is 8.39. The molecule has 2 heterocycles. The number of hydrogen-bond acceptors (Lipinski definition) is 2. The maximum absolute atomic E-state index is 6.17. The third-order valence-corrected chi connectivity index (χ3v) is 5.25. The maximum Gasteiger partial charge on any atom is 0.494 e. The van der Waals surface area contributed by atoms with Crippen LogP contribution in [0.25, 0.3) is 22.2 Å². The first-order chi connectivity index (χ1) is 11.4. The van der Waals surface area contributed by atoms with E-state index in [0.717, 1.165) is 22.2 Å². The minimum Gasteiger partial charge on any atom is -0.399 e. The number of aromatic amines is 1. The molecule has 0 saturated carbocycles.